The summed E-state index contributed by atoms with van der Waals surface area (Å²) < 4.78 is 0.626. The summed E-state index contributed by atoms with van der Waals surface area (Å²) >= 11 is 8.95. The Morgan fingerprint density at radius 3 is 0.966 bits per heavy atom. The van der Waals surface area contributed by atoms with E-state index < -0.39 is 0 Å². The lowest BCUT2D eigenvalue weighted by Gasteiger charge is -2.05. The first-order valence-electron chi connectivity index (χ1n) is 12.9. The molecule has 0 saturated heterocycles. The molecule has 0 spiro atoms. The molecule has 0 radical (unpaired) electrons. The maximum absolute atomic E-state index is 5.52. The maximum atomic E-state index is 5.52. The molecular formula is C25H52N2S2. The molecule has 0 saturated carbocycles. The SMILES string of the molecule is NCCCCCCCCCCCCCCCCCCCCCCCCNC(=S)S. The zero-order valence-corrected chi connectivity index (χ0v) is 21.1. The summed E-state index contributed by atoms with van der Waals surface area (Å²) in [7, 11) is 0. The minimum atomic E-state index is 0.626. The van der Waals surface area contributed by atoms with E-state index in [-0.39, 0.29) is 0 Å². The first-order chi connectivity index (χ1) is 14.3. The quantitative estimate of drug-likeness (QED) is 0.0795. The predicted octanol–water partition coefficient (Wildman–Crippen LogP) is 8.33. The summed E-state index contributed by atoms with van der Waals surface area (Å²) in [5.74, 6) is 0. The van der Waals surface area contributed by atoms with E-state index in [9.17, 15) is 0 Å². The molecule has 0 aliphatic rings. The van der Waals surface area contributed by atoms with Crippen molar-refractivity contribution >= 4 is 29.2 Å². The van der Waals surface area contributed by atoms with Crippen molar-refractivity contribution in [1.82, 2.24) is 5.32 Å². The second-order valence-corrected chi connectivity index (χ2v) is 9.96. The van der Waals surface area contributed by atoms with E-state index in [2.05, 4.69) is 17.9 Å². The van der Waals surface area contributed by atoms with Crippen LogP contribution in [0.5, 0.6) is 0 Å². The van der Waals surface area contributed by atoms with E-state index in [1.54, 1.807) is 0 Å². The highest BCUT2D eigenvalue weighted by Gasteiger charge is 1.96. The number of hydrogen-bond acceptors (Lipinski definition) is 2. The standard InChI is InChI=1S/C25H52N2S2/c26-23-21-19-17-15-13-11-9-7-5-3-1-2-4-6-8-10-12-14-16-18-20-22-24-27-25(28)29/h1-24,26H2,(H2,27,28,29). The van der Waals surface area contributed by atoms with Gasteiger partial charge in [0, 0.05) is 6.54 Å². The number of hydrogen-bond donors (Lipinski definition) is 3. The fraction of sp³-hybridized carbons (Fsp3) is 0.960. The van der Waals surface area contributed by atoms with Crippen molar-refractivity contribution in [2.24, 2.45) is 5.73 Å². The van der Waals surface area contributed by atoms with Gasteiger partial charge in [-0.05, 0) is 19.4 Å². The van der Waals surface area contributed by atoms with Gasteiger partial charge in [-0.2, -0.15) is 0 Å². The van der Waals surface area contributed by atoms with Gasteiger partial charge in [-0.3, -0.25) is 0 Å². The second-order valence-electron chi connectivity index (χ2n) is 8.80. The molecule has 174 valence electrons. The maximum Gasteiger partial charge on any atom is 0.130 e. The average Bonchev–Trinajstić information content (AvgIpc) is 2.71. The third-order valence-electron chi connectivity index (χ3n) is 5.91. The molecule has 0 aromatic carbocycles. The number of thiocarbonyl (C=S) groups is 1. The number of rotatable bonds is 24. The molecular weight excluding hydrogens is 392 g/mol. The Kier molecular flexibility index (Phi) is 26.4. The van der Waals surface area contributed by atoms with Gasteiger partial charge in [-0.15, -0.1) is 12.6 Å². The summed E-state index contributed by atoms with van der Waals surface area (Å²) in [6, 6.07) is 0. The number of nitrogens with one attached hydrogen (secondary N) is 1. The Morgan fingerprint density at radius 2 is 0.724 bits per heavy atom. The molecule has 29 heavy (non-hydrogen) atoms. The summed E-state index contributed by atoms with van der Waals surface area (Å²) in [4.78, 5) is 0. The van der Waals surface area contributed by atoms with Crippen LogP contribution in [0.15, 0.2) is 0 Å². The highest BCUT2D eigenvalue weighted by atomic mass is 32.1. The Labute approximate surface area is 194 Å². The van der Waals surface area contributed by atoms with E-state index >= 15 is 0 Å². The van der Waals surface area contributed by atoms with Gasteiger partial charge in [0.1, 0.15) is 4.32 Å². The van der Waals surface area contributed by atoms with Gasteiger partial charge < -0.3 is 11.1 Å². The van der Waals surface area contributed by atoms with Crippen molar-refractivity contribution < 1.29 is 0 Å². The van der Waals surface area contributed by atoms with Gasteiger partial charge in [0.15, 0.2) is 0 Å². The molecule has 0 atom stereocenters. The molecule has 0 heterocycles. The highest BCUT2D eigenvalue weighted by Crippen LogP contribution is 2.15. The number of thiol groups is 1. The summed E-state index contributed by atoms with van der Waals surface area (Å²) in [5, 5.41) is 3.10. The van der Waals surface area contributed by atoms with Crippen LogP contribution in [0.3, 0.4) is 0 Å². The first kappa shape index (κ1) is 29.2. The van der Waals surface area contributed by atoms with Crippen LogP contribution in [0.1, 0.15) is 141 Å². The molecule has 0 rings (SSSR count). The van der Waals surface area contributed by atoms with Crippen LogP contribution in [0.25, 0.3) is 0 Å². The lowest BCUT2D eigenvalue weighted by molar-refractivity contribution is 0.518. The van der Waals surface area contributed by atoms with Gasteiger partial charge in [0.2, 0.25) is 0 Å². The van der Waals surface area contributed by atoms with Crippen LogP contribution in [0.4, 0.5) is 0 Å². The van der Waals surface area contributed by atoms with Crippen molar-refractivity contribution in [3.63, 3.8) is 0 Å². The second kappa shape index (κ2) is 26.2. The van der Waals surface area contributed by atoms with Crippen LogP contribution in [0.2, 0.25) is 0 Å². The van der Waals surface area contributed by atoms with Gasteiger partial charge >= 0.3 is 0 Å². The van der Waals surface area contributed by atoms with Crippen LogP contribution in [0, 0.1) is 0 Å². The van der Waals surface area contributed by atoms with Crippen molar-refractivity contribution in [3.8, 4) is 0 Å². The molecule has 2 nitrogen and oxygen atoms in total. The van der Waals surface area contributed by atoms with Crippen LogP contribution < -0.4 is 11.1 Å². The third-order valence-corrected chi connectivity index (χ3v) is 6.21. The van der Waals surface area contributed by atoms with Gasteiger partial charge in [-0.25, -0.2) is 0 Å². The van der Waals surface area contributed by atoms with E-state index in [4.69, 9.17) is 18.0 Å². The number of nitrogens with two attached hydrogens (primary N) is 1. The van der Waals surface area contributed by atoms with E-state index in [1.807, 2.05) is 0 Å². The zero-order valence-electron chi connectivity index (χ0n) is 19.4. The lowest BCUT2D eigenvalue weighted by atomic mass is 10.0. The predicted molar refractivity (Wildman–Crippen MR) is 140 cm³/mol. The molecule has 0 fully saturated rings. The Bertz CT molecular complexity index is 324. The minimum Gasteiger partial charge on any atom is -0.371 e. The van der Waals surface area contributed by atoms with E-state index in [0.717, 1.165) is 13.1 Å². The molecule has 0 aliphatic carbocycles. The Balaban J connectivity index is 2.99. The van der Waals surface area contributed by atoms with Crippen molar-refractivity contribution in [2.45, 2.75) is 141 Å². The lowest BCUT2D eigenvalue weighted by Crippen LogP contribution is -2.17. The summed E-state index contributed by atoms with van der Waals surface area (Å²) in [6.45, 7) is 1.85. The highest BCUT2D eigenvalue weighted by molar-refractivity contribution is 8.11. The molecule has 4 heteroatoms. The fourth-order valence-corrected chi connectivity index (χ4v) is 4.21. The topological polar surface area (TPSA) is 38.0 Å². The molecule has 3 N–H and O–H groups in total. The van der Waals surface area contributed by atoms with Gasteiger partial charge in [0.25, 0.3) is 0 Å². The third kappa shape index (κ3) is 28.2. The zero-order chi connectivity index (χ0) is 21.3. The monoisotopic (exact) mass is 444 g/mol. The van der Waals surface area contributed by atoms with Crippen LogP contribution in [-0.2, 0) is 0 Å². The molecule has 0 amide bonds. The van der Waals surface area contributed by atoms with Crippen molar-refractivity contribution in [2.75, 3.05) is 13.1 Å². The van der Waals surface area contributed by atoms with Gasteiger partial charge in [-0.1, -0.05) is 141 Å². The average molecular weight is 445 g/mol. The van der Waals surface area contributed by atoms with E-state index in [0.29, 0.717) is 4.32 Å². The van der Waals surface area contributed by atoms with Crippen molar-refractivity contribution in [1.29, 1.82) is 0 Å². The molecule has 0 aliphatic heterocycles. The van der Waals surface area contributed by atoms with Gasteiger partial charge in [0.05, 0.1) is 0 Å². The summed E-state index contributed by atoms with van der Waals surface area (Å²) in [6.07, 6.45) is 31.0. The molecule has 0 unspecified atom stereocenters. The Morgan fingerprint density at radius 1 is 0.483 bits per heavy atom. The molecule has 0 bridgehead atoms. The molecule has 0 aromatic rings. The number of unbranched alkanes of at least 4 members (excludes halogenated alkanes) is 21. The normalized spacial score (nSPS) is 11.1. The fourth-order valence-electron chi connectivity index (χ4n) is 4.00. The van der Waals surface area contributed by atoms with E-state index in [1.165, 1.54) is 141 Å². The van der Waals surface area contributed by atoms with Crippen LogP contribution >= 0.6 is 24.8 Å². The van der Waals surface area contributed by atoms with Crippen molar-refractivity contribution in [3.05, 3.63) is 0 Å². The first-order valence-corrected chi connectivity index (χ1v) is 13.8. The minimum absolute atomic E-state index is 0.626. The Hall–Kier alpha value is 0.200. The largest absolute Gasteiger partial charge is 0.371 e. The smallest absolute Gasteiger partial charge is 0.130 e. The summed E-state index contributed by atoms with van der Waals surface area (Å²) in [5.41, 5.74) is 5.52. The van der Waals surface area contributed by atoms with Crippen LogP contribution in [-0.4, -0.2) is 17.4 Å². The molecule has 0 aromatic heterocycles.